The van der Waals surface area contributed by atoms with Gasteiger partial charge in [-0.15, -0.1) is 24.0 Å². The van der Waals surface area contributed by atoms with E-state index in [1.54, 1.807) is 0 Å². The Balaban J connectivity index is 0. The number of aliphatic hydroxyl groups is 2. The van der Waals surface area contributed by atoms with E-state index in [2.05, 4.69) is 0 Å². The van der Waals surface area contributed by atoms with Crippen molar-refractivity contribution in [2.75, 3.05) is 26.3 Å². The van der Waals surface area contributed by atoms with Gasteiger partial charge < -0.3 is 10.2 Å². The molecule has 58 valence electrons. The summed E-state index contributed by atoms with van der Waals surface area (Å²) in [7, 11) is 0. The molecule has 4 N–H and O–H groups in total. The summed E-state index contributed by atoms with van der Waals surface area (Å²) in [5.74, 6) is 5.21. The van der Waals surface area contributed by atoms with Crippen molar-refractivity contribution >= 4 is 24.0 Å². The SMILES string of the molecule is I.NN(CCO)CCO. The summed E-state index contributed by atoms with van der Waals surface area (Å²) < 4.78 is 0. The molecule has 5 heteroatoms. The zero-order valence-electron chi connectivity index (χ0n) is 5.16. The third-order valence-electron chi connectivity index (χ3n) is 0.774. The number of hydrogen-bond acceptors (Lipinski definition) is 4. The Morgan fingerprint density at radius 3 is 1.67 bits per heavy atom. The molecule has 0 aliphatic carbocycles. The fourth-order valence-corrected chi connectivity index (χ4v) is 0.369. The van der Waals surface area contributed by atoms with Crippen LogP contribution in [-0.2, 0) is 0 Å². The van der Waals surface area contributed by atoms with Crippen molar-refractivity contribution in [1.29, 1.82) is 0 Å². The lowest BCUT2D eigenvalue weighted by Gasteiger charge is -2.11. The van der Waals surface area contributed by atoms with Crippen LogP contribution < -0.4 is 5.84 Å². The Labute approximate surface area is 71.6 Å². The molecule has 0 rings (SSSR count). The highest BCUT2D eigenvalue weighted by Gasteiger charge is 1.92. The average Bonchev–Trinajstić information content (AvgIpc) is 1.68. The molecule has 0 aliphatic rings. The fraction of sp³-hybridized carbons (Fsp3) is 1.00. The average molecular weight is 248 g/mol. The van der Waals surface area contributed by atoms with Crippen molar-refractivity contribution in [3.05, 3.63) is 0 Å². The van der Waals surface area contributed by atoms with Crippen molar-refractivity contribution < 1.29 is 10.2 Å². The van der Waals surface area contributed by atoms with Crippen LogP contribution in [0, 0.1) is 0 Å². The van der Waals surface area contributed by atoms with Gasteiger partial charge >= 0.3 is 0 Å². The lowest BCUT2D eigenvalue weighted by molar-refractivity contribution is 0.163. The van der Waals surface area contributed by atoms with Gasteiger partial charge in [-0.25, -0.2) is 5.01 Å². The molecule has 0 heterocycles. The van der Waals surface area contributed by atoms with Gasteiger partial charge in [0.05, 0.1) is 13.2 Å². The van der Waals surface area contributed by atoms with E-state index in [9.17, 15) is 0 Å². The van der Waals surface area contributed by atoms with E-state index < -0.39 is 0 Å². The van der Waals surface area contributed by atoms with Crippen LogP contribution in [0.1, 0.15) is 0 Å². The Kier molecular flexibility index (Phi) is 11.7. The summed E-state index contributed by atoms with van der Waals surface area (Å²) in [5.41, 5.74) is 0. The lowest BCUT2D eigenvalue weighted by Crippen LogP contribution is -2.35. The maximum Gasteiger partial charge on any atom is 0.0572 e. The van der Waals surface area contributed by atoms with Crippen LogP contribution >= 0.6 is 24.0 Å². The molecule has 0 spiro atoms. The van der Waals surface area contributed by atoms with Crippen LogP contribution in [0.5, 0.6) is 0 Å². The number of hydrazine groups is 1. The van der Waals surface area contributed by atoms with Crippen LogP contribution in [0.4, 0.5) is 0 Å². The molecule has 0 atom stereocenters. The van der Waals surface area contributed by atoms with Crippen LogP contribution in [0.25, 0.3) is 0 Å². The van der Waals surface area contributed by atoms with Crippen LogP contribution in [0.3, 0.4) is 0 Å². The molecule has 0 aliphatic heterocycles. The van der Waals surface area contributed by atoms with E-state index in [4.69, 9.17) is 16.1 Å². The number of halogens is 1. The lowest BCUT2D eigenvalue weighted by atomic mass is 10.6. The molecule has 0 aromatic rings. The summed E-state index contributed by atoms with van der Waals surface area (Å²) in [6.45, 7) is 0.911. The molecule has 0 amide bonds. The number of nitrogens with zero attached hydrogens (tertiary/aromatic N) is 1. The van der Waals surface area contributed by atoms with Gasteiger partial charge in [-0.2, -0.15) is 0 Å². The van der Waals surface area contributed by atoms with Gasteiger partial charge in [-0.3, -0.25) is 5.84 Å². The van der Waals surface area contributed by atoms with Crippen LogP contribution in [-0.4, -0.2) is 41.5 Å². The summed E-state index contributed by atoms with van der Waals surface area (Å²) in [6.07, 6.45) is 0. The first-order valence-electron chi connectivity index (χ1n) is 2.52. The van der Waals surface area contributed by atoms with Crippen molar-refractivity contribution in [3.8, 4) is 0 Å². The number of aliphatic hydroxyl groups excluding tert-OH is 2. The third kappa shape index (κ3) is 8.57. The van der Waals surface area contributed by atoms with Gasteiger partial charge in [-0.05, 0) is 0 Å². The minimum Gasteiger partial charge on any atom is -0.395 e. The molecule has 0 radical (unpaired) electrons. The van der Waals surface area contributed by atoms with Crippen molar-refractivity contribution in [3.63, 3.8) is 0 Å². The monoisotopic (exact) mass is 248 g/mol. The van der Waals surface area contributed by atoms with E-state index in [0.29, 0.717) is 13.1 Å². The van der Waals surface area contributed by atoms with Gasteiger partial charge in [0.2, 0.25) is 0 Å². The first kappa shape index (κ1) is 12.3. The number of nitrogens with two attached hydrogens (primary N) is 1. The van der Waals surface area contributed by atoms with Gasteiger partial charge in [0, 0.05) is 13.1 Å². The van der Waals surface area contributed by atoms with E-state index in [-0.39, 0.29) is 37.2 Å². The van der Waals surface area contributed by atoms with Gasteiger partial charge in [0.15, 0.2) is 0 Å². The van der Waals surface area contributed by atoms with Crippen molar-refractivity contribution in [1.82, 2.24) is 5.01 Å². The normalized spacial score (nSPS) is 9.33. The summed E-state index contributed by atoms with van der Waals surface area (Å²) in [5, 5.41) is 17.9. The second-order valence-corrected chi connectivity index (χ2v) is 1.48. The highest BCUT2D eigenvalue weighted by atomic mass is 127. The van der Waals surface area contributed by atoms with Crippen molar-refractivity contribution in [2.45, 2.75) is 0 Å². The molecule has 0 saturated carbocycles. The van der Waals surface area contributed by atoms with E-state index >= 15 is 0 Å². The predicted molar refractivity (Wildman–Crippen MR) is 45.3 cm³/mol. The Hall–Kier alpha value is 0.570. The quantitative estimate of drug-likeness (QED) is 0.331. The molecule has 0 aromatic carbocycles. The Bertz CT molecular complexity index is 49.8. The standard InChI is InChI=1S/C4H12N2O2.HI/c5-6(1-3-7)2-4-8;/h7-8H,1-5H2;1H. The molecule has 4 nitrogen and oxygen atoms in total. The first-order chi connectivity index (χ1) is 3.81. The predicted octanol–water partition coefficient (Wildman–Crippen LogP) is -1.24. The highest BCUT2D eigenvalue weighted by molar-refractivity contribution is 14.0. The summed E-state index contributed by atoms with van der Waals surface area (Å²) >= 11 is 0. The van der Waals surface area contributed by atoms with Gasteiger partial charge in [0.1, 0.15) is 0 Å². The molecular formula is C4H13IN2O2. The van der Waals surface area contributed by atoms with E-state index in [0.717, 1.165) is 0 Å². The smallest absolute Gasteiger partial charge is 0.0572 e. The fourth-order valence-electron chi connectivity index (χ4n) is 0.369. The first-order valence-corrected chi connectivity index (χ1v) is 2.52. The van der Waals surface area contributed by atoms with Crippen LogP contribution in [0.2, 0.25) is 0 Å². The molecule has 0 saturated heterocycles. The number of rotatable bonds is 4. The van der Waals surface area contributed by atoms with Crippen LogP contribution in [0.15, 0.2) is 0 Å². The molecule has 0 aromatic heterocycles. The molecule has 9 heavy (non-hydrogen) atoms. The minimum absolute atomic E-state index is 0. The topological polar surface area (TPSA) is 69.7 Å². The Morgan fingerprint density at radius 1 is 1.11 bits per heavy atom. The minimum atomic E-state index is 0. The molecular weight excluding hydrogens is 235 g/mol. The maximum absolute atomic E-state index is 8.26. The highest BCUT2D eigenvalue weighted by Crippen LogP contribution is 1.71. The Morgan fingerprint density at radius 2 is 1.44 bits per heavy atom. The summed E-state index contributed by atoms with van der Waals surface area (Å²) in [4.78, 5) is 0. The van der Waals surface area contributed by atoms with E-state index in [1.807, 2.05) is 0 Å². The molecule has 0 fully saturated rings. The largest absolute Gasteiger partial charge is 0.395 e. The second kappa shape index (κ2) is 8.57. The zero-order chi connectivity index (χ0) is 6.41. The van der Waals surface area contributed by atoms with E-state index in [1.165, 1.54) is 5.01 Å². The second-order valence-electron chi connectivity index (χ2n) is 1.48. The molecule has 0 bridgehead atoms. The summed E-state index contributed by atoms with van der Waals surface area (Å²) in [6, 6.07) is 0. The zero-order valence-corrected chi connectivity index (χ0v) is 7.49. The third-order valence-corrected chi connectivity index (χ3v) is 0.774. The van der Waals surface area contributed by atoms with Gasteiger partial charge in [0.25, 0.3) is 0 Å². The maximum atomic E-state index is 8.26. The van der Waals surface area contributed by atoms with Gasteiger partial charge in [-0.1, -0.05) is 0 Å². The van der Waals surface area contributed by atoms with Crippen molar-refractivity contribution in [2.24, 2.45) is 5.84 Å². The number of hydrogen-bond donors (Lipinski definition) is 3. The molecule has 0 unspecified atom stereocenters.